The summed E-state index contributed by atoms with van der Waals surface area (Å²) in [4.78, 5) is 26.8. The first-order valence-electron chi connectivity index (χ1n) is 9.06. The molecule has 1 aromatic heterocycles. The molecule has 1 aliphatic heterocycles. The molecule has 0 bridgehead atoms. The number of hydrogen-bond acceptors (Lipinski definition) is 4. The van der Waals surface area contributed by atoms with E-state index in [9.17, 15) is 14.7 Å². The average Bonchev–Trinajstić information content (AvgIpc) is 3.20. The Morgan fingerprint density at radius 1 is 1.14 bits per heavy atom. The molecule has 6 nitrogen and oxygen atoms in total. The highest BCUT2D eigenvalue weighted by atomic mass is 32.2. The summed E-state index contributed by atoms with van der Waals surface area (Å²) in [5, 5.41) is 13.2. The number of thioether (sulfide) groups is 1. The number of para-hydroxylation sites is 2. The van der Waals surface area contributed by atoms with Gasteiger partial charge in [-0.05, 0) is 43.3 Å². The van der Waals surface area contributed by atoms with Crippen molar-refractivity contribution in [3.8, 4) is 5.69 Å². The Labute approximate surface area is 171 Å². The standard InChI is InChI=1S/C22H19N3O3S/c1-15-17(22(28)25(23-15)16-8-3-2-4-9-16)10-7-13-20-24(14-21(26)27)18-11-5-6-12-19(18)29-20/h2-13,23H,14H2,1H3,(H,26,27)/b10-7+,20-13-. The number of H-pyrrole nitrogens is 1. The summed E-state index contributed by atoms with van der Waals surface area (Å²) in [6, 6.07) is 17.1. The van der Waals surface area contributed by atoms with Gasteiger partial charge in [0.2, 0.25) is 0 Å². The molecule has 0 radical (unpaired) electrons. The highest BCUT2D eigenvalue weighted by Crippen LogP contribution is 2.45. The lowest BCUT2D eigenvalue weighted by molar-refractivity contribution is -0.135. The molecule has 0 spiro atoms. The largest absolute Gasteiger partial charge is 0.480 e. The third-order valence-electron chi connectivity index (χ3n) is 4.56. The SMILES string of the molecule is Cc1[nH]n(-c2ccccc2)c(=O)c1/C=C/C=C1\Sc2ccccc2N1CC(=O)O. The van der Waals surface area contributed by atoms with Crippen molar-refractivity contribution >= 4 is 29.5 Å². The Hall–Kier alpha value is -3.45. The maximum Gasteiger partial charge on any atom is 0.323 e. The second-order valence-electron chi connectivity index (χ2n) is 6.54. The number of nitrogens with zero attached hydrogens (tertiary/aromatic N) is 2. The Morgan fingerprint density at radius 3 is 2.62 bits per heavy atom. The molecule has 1 aliphatic rings. The quantitative estimate of drug-likeness (QED) is 0.670. The van der Waals surface area contributed by atoms with Gasteiger partial charge in [-0.25, -0.2) is 4.68 Å². The van der Waals surface area contributed by atoms with Gasteiger partial charge >= 0.3 is 5.97 Å². The van der Waals surface area contributed by atoms with Gasteiger partial charge in [-0.1, -0.05) is 48.2 Å². The number of anilines is 1. The van der Waals surface area contributed by atoms with Crippen LogP contribution in [0.25, 0.3) is 11.8 Å². The molecule has 4 rings (SSSR count). The summed E-state index contributed by atoms with van der Waals surface area (Å²) in [5.41, 5.74) is 2.85. The Bertz CT molecular complexity index is 1180. The summed E-state index contributed by atoms with van der Waals surface area (Å²) >= 11 is 1.51. The lowest BCUT2D eigenvalue weighted by Crippen LogP contribution is -2.25. The van der Waals surface area contributed by atoms with E-state index in [0.717, 1.165) is 27.0 Å². The number of aromatic nitrogens is 2. The van der Waals surface area contributed by atoms with Crippen LogP contribution >= 0.6 is 11.8 Å². The second-order valence-corrected chi connectivity index (χ2v) is 7.60. The molecule has 0 saturated carbocycles. The number of carboxylic acid groups (broad SMARTS) is 1. The van der Waals surface area contributed by atoms with E-state index in [1.165, 1.54) is 16.4 Å². The van der Waals surface area contributed by atoms with Crippen LogP contribution in [0.3, 0.4) is 0 Å². The second kappa shape index (κ2) is 7.89. The average molecular weight is 405 g/mol. The number of rotatable bonds is 5. The molecule has 0 fully saturated rings. The molecule has 0 aliphatic carbocycles. The van der Waals surface area contributed by atoms with Crippen LogP contribution in [0.5, 0.6) is 0 Å². The minimum absolute atomic E-state index is 0.117. The summed E-state index contributed by atoms with van der Waals surface area (Å²) in [5.74, 6) is -0.899. The Kier molecular flexibility index (Phi) is 5.14. The van der Waals surface area contributed by atoms with Crippen molar-refractivity contribution in [1.82, 2.24) is 9.78 Å². The molecule has 3 aromatic rings. The highest BCUT2D eigenvalue weighted by molar-refractivity contribution is 8.03. The van der Waals surface area contributed by atoms with Gasteiger partial charge in [0, 0.05) is 10.6 Å². The van der Waals surface area contributed by atoms with E-state index in [4.69, 9.17) is 0 Å². The van der Waals surface area contributed by atoms with Gasteiger partial charge in [-0.3, -0.25) is 14.7 Å². The van der Waals surface area contributed by atoms with Crippen molar-refractivity contribution in [1.29, 1.82) is 0 Å². The molecule has 0 amide bonds. The van der Waals surface area contributed by atoms with Gasteiger partial charge in [0.15, 0.2) is 0 Å². The van der Waals surface area contributed by atoms with E-state index >= 15 is 0 Å². The van der Waals surface area contributed by atoms with E-state index in [-0.39, 0.29) is 12.1 Å². The van der Waals surface area contributed by atoms with Crippen LogP contribution in [0, 0.1) is 6.92 Å². The predicted molar refractivity (Wildman–Crippen MR) is 116 cm³/mol. The topological polar surface area (TPSA) is 78.3 Å². The maximum absolute atomic E-state index is 12.8. The highest BCUT2D eigenvalue weighted by Gasteiger charge is 2.25. The van der Waals surface area contributed by atoms with Crippen LogP contribution in [-0.4, -0.2) is 27.4 Å². The van der Waals surface area contributed by atoms with E-state index < -0.39 is 5.97 Å². The molecule has 0 atom stereocenters. The van der Waals surface area contributed by atoms with E-state index in [0.29, 0.717) is 5.56 Å². The zero-order valence-corrected chi connectivity index (χ0v) is 16.5. The first kappa shape index (κ1) is 18.9. The molecular formula is C22H19N3O3S. The van der Waals surface area contributed by atoms with Gasteiger partial charge in [0.05, 0.1) is 22.0 Å². The van der Waals surface area contributed by atoms with Crippen LogP contribution in [0.2, 0.25) is 0 Å². The maximum atomic E-state index is 12.8. The van der Waals surface area contributed by atoms with Crippen molar-refractivity contribution < 1.29 is 9.90 Å². The number of fused-ring (bicyclic) bond motifs is 1. The Balaban J connectivity index is 1.63. The molecule has 146 valence electrons. The van der Waals surface area contributed by atoms with Gasteiger partial charge in [0.1, 0.15) is 6.54 Å². The third kappa shape index (κ3) is 3.77. The zero-order valence-electron chi connectivity index (χ0n) is 15.7. The lowest BCUT2D eigenvalue weighted by Gasteiger charge is -2.17. The lowest BCUT2D eigenvalue weighted by atomic mass is 10.2. The number of aromatic amines is 1. The molecular weight excluding hydrogens is 386 g/mol. The van der Waals surface area contributed by atoms with E-state index in [1.54, 1.807) is 17.1 Å². The van der Waals surface area contributed by atoms with Crippen molar-refractivity contribution in [2.75, 3.05) is 11.4 Å². The summed E-state index contributed by atoms with van der Waals surface area (Å²) < 4.78 is 1.51. The number of carboxylic acids is 1. The van der Waals surface area contributed by atoms with Gasteiger partial charge in [-0.15, -0.1) is 0 Å². The minimum Gasteiger partial charge on any atom is -0.480 e. The fourth-order valence-corrected chi connectivity index (χ4v) is 4.29. The molecule has 29 heavy (non-hydrogen) atoms. The van der Waals surface area contributed by atoms with Crippen LogP contribution in [0.15, 0.2) is 81.5 Å². The number of aryl methyl sites for hydroxylation is 1. The number of benzene rings is 2. The molecule has 7 heteroatoms. The number of aliphatic carboxylic acids is 1. The summed E-state index contributed by atoms with van der Waals surface area (Å²) in [6.45, 7) is 1.73. The van der Waals surface area contributed by atoms with Gasteiger partial charge < -0.3 is 10.0 Å². The van der Waals surface area contributed by atoms with Crippen molar-refractivity contribution in [2.45, 2.75) is 11.8 Å². The van der Waals surface area contributed by atoms with Crippen LogP contribution < -0.4 is 10.5 Å². The normalized spacial score (nSPS) is 14.7. The molecule has 2 aromatic carbocycles. The number of allylic oxidation sites excluding steroid dienone is 2. The monoisotopic (exact) mass is 405 g/mol. The van der Waals surface area contributed by atoms with Gasteiger partial charge in [-0.2, -0.15) is 0 Å². The van der Waals surface area contributed by atoms with Crippen LogP contribution in [-0.2, 0) is 4.79 Å². The predicted octanol–water partition coefficient (Wildman–Crippen LogP) is 4.03. The molecule has 0 unspecified atom stereocenters. The fourth-order valence-electron chi connectivity index (χ4n) is 3.22. The van der Waals surface area contributed by atoms with Crippen LogP contribution in [0.4, 0.5) is 5.69 Å². The Morgan fingerprint density at radius 2 is 1.86 bits per heavy atom. The van der Waals surface area contributed by atoms with Crippen molar-refractivity contribution in [3.63, 3.8) is 0 Å². The molecule has 2 heterocycles. The van der Waals surface area contributed by atoms with Gasteiger partial charge in [0.25, 0.3) is 5.56 Å². The number of carbonyl (C=O) groups is 1. The summed E-state index contributed by atoms with van der Waals surface area (Å²) in [6.07, 6.45) is 5.38. The fraction of sp³-hybridized carbons (Fsp3) is 0.0909. The third-order valence-corrected chi connectivity index (χ3v) is 5.69. The van der Waals surface area contributed by atoms with E-state index in [2.05, 4.69) is 5.10 Å². The molecule has 0 saturated heterocycles. The van der Waals surface area contributed by atoms with Crippen LogP contribution in [0.1, 0.15) is 11.3 Å². The molecule has 2 N–H and O–H groups in total. The first-order valence-corrected chi connectivity index (χ1v) is 9.88. The van der Waals surface area contributed by atoms with E-state index in [1.807, 2.05) is 67.6 Å². The minimum atomic E-state index is -0.899. The summed E-state index contributed by atoms with van der Waals surface area (Å²) in [7, 11) is 0. The zero-order chi connectivity index (χ0) is 20.4. The van der Waals surface area contributed by atoms with Crippen molar-refractivity contribution in [3.05, 3.63) is 93.4 Å². The number of nitrogens with one attached hydrogen (secondary N) is 1. The number of hydrogen-bond donors (Lipinski definition) is 2. The van der Waals surface area contributed by atoms with Crippen molar-refractivity contribution in [2.24, 2.45) is 0 Å². The first-order chi connectivity index (χ1) is 14.0. The smallest absolute Gasteiger partial charge is 0.323 e.